The van der Waals surface area contributed by atoms with Crippen molar-refractivity contribution in [2.75, 3.05) is 44.6 Å². The van der Waals surface area contributed by atoms with Gasteiger partial charge in [0.05, 0.1) is 17.2 Å². The van der Waals surface area contributed by atoms with E-state index in [4.69, 9.17) is 0 Å². The molecule has 0 unspecified atom stereocenters. The molecule has 2 aliphatic rings. The van der Waals surface area contributed by atoms with E-state index in [-0.39, 0.29) is 12.1 Å². The number of hydrogen-bond donors (Lipinski definition) is 2. The van der Waals surface area contributed by atoms with Crippen LogP contribution in [0.5, 0.6) is 0 Å². The molecular formula is C26H36N8O. The first-order valence-corrected chi connectivity index (χ1v) is 13.0. The third-order valence-electron chi connectivity index (χ3n) is 7.21. The number of aromatic nitrogens is 4. The molecule has 35 heavy (non-hydrogen) atoms. The Morgan fingerprint density at radius 2 is 1.80 bits per heavy atom. The molecule has 5 rings (SSSR count). The topological polar surface area (TPSA) is 91.2 Å². The molecule has 2 fully saturated rings. The average Bonchev–Trinajstić information content (AvgIpc) is 3.56. The van der Waals surface area contributed by atoms with Crippen LogP contribution in [0.1, 0.15) is 39.0 Å². The van der Waals surface area contributed by atoms with Crippen LogP contribution in [-0.2, 0) is 6.54 Å². The molecule has 9 heteroatoms. The Morgan fingerprint density at radius 3 is 2.60 bits per heavy atom. The molecule has 2 N–H and O–H groups in total. The molecule has 0 bridgehead atoms. The first-order valence-electron chi connectivity index (χ1n) is 13.0. The normalized spacial score (nSPS) is 17.7. The number of anilines is 1. The fraction of sp³-hybridized carbons (Fsp3) is 0.538. The summed E-state index contributed by atoms with van der Waals surface area (Å²) in [5, 5.41) is 10.5. The minimum atomic E-state index is -0.193. The number of nitrogens with zero attached hydrogens (tertiary/aromatic N) is 6. The van der Waals surface area contributed by atoms with Gasteiger partial charge in [-0.25, -0.2) is 9.78 Å². The summed E-state index contributed by atoms with van der Waals surface area (Å²) >= 11 is 0. The summed E-state index contributed by atoms with van der Waals surface area (Å²) in [6.07, 6.45) is 11.4. The van der Waals surface area contributed by atoms with Gasteiger partial charge in [-0.2, -0.15) is 5.10 Å². The Kier molecular flexibility index (Phi) is 7.54. The monoisotopic (exact) mass is 476 g/mol. The van der Waals surface area contributed by atoms with Crippen LogP contribution in [0.2, 0.25) is 0 Å². The van der Waals surface area contributed by atoms with Crippen LogP contribution in [0.3, 0.4) is 0 Å². The highest BCUT2D eigenvalue weighted by Crippen LogP contribution is 2.23. The Hall–Kier alpha value is -3.04. The van der Waals surface area contributed by atoms with Crippen LogP contribution >= 0.6 is 0 Å². The van der Waals surface area contributed by atoms with Crippen LogP contribution in [0.15, 0.2) is 36.8 Å². The zero-order valence-corrected chi connectivity index (χ0v) is 20.6. The van der Waals surface area contributed by atoms with Crippen molar-refractivity contribution >= 4 is 22.9 Å². The molecule has 0 aromatic carbocycles. The molecule has 4 heterocycles. The number of hydrogen-bond acceptors (Lipinski definition) is 6. The van der Waals surface area contributed by atoms with Crippen molar-refractivity contribution in [1.29, 1.82) is 0 Å². The lowest BCUT2D eigenvalue weighted by Gasteiger charge is -2.33. The third-order valence-corrected chi connectivity index (χ3v) is 7.21. The van der Waals surface area contributed by atoms with E-state index in [1.165, 1.54) is 25.9 Å². The van der Waals surface area contributed by atoms with Crippen LogP contribution in [0, 0.1) is 0 Å². The maximum absolute atomic E-state index is 12.3. The quantitative estimate of drug-likeness (QED) is 0.516. The Balaban J connectivity index is 1.17. The van der Waals surface area contributed by atoms with Crippen molar-refractivity contribution in [3.63, 3.8) is 0 Å². The van der Waals surface area contributed by atoms with Crippen molar-refractivity contribution in [3.8, 4) is 11.1 Å². The number of rotatable bonds is 8. The minimum absolute atomic E-state index is 0.193. The molecule has 1 saturated carbocycles. The van der Waals surface area contributed by atoms with Gasteiger partial charge >= 0.3 is 6.03 Å². The highest BCUT2D eigenvalue weighted by Gasteiger charge is 2.17. The molecular weight excluding hydrogens is 440 g/mol. The third kappa shape index (κ3) is 6.15. The van der Waals surface area contributed by atoms with Gasteiger partial charge in [0.2, 0.25) is 0 Å². The fourth-order valence-corrected chi connectivity index (χ4v) is 5.06. The smallest absolute Gasteiger partial charge is 0.320 e. The molecule has 0 atom stereocenters. The average molecular weight is 477 g/mol. The lowest BCUT2D eigenvalue weighted by Crippen LogP contribution is -2.46. The van der Waals surface area contributed by atoms with Gasteiger partial charge in [-0.1, -0.05) is 19.8 Å². The molecule has 1 saturated heterocycles. The van der Waals surface area contributed by atoms with E-state index < -0.39 is 0 Å². The van der Waals surface area contributed by atoms with Gasteiger partial charge in [0.25, 0.3) is 0 Å². The van der Waals surface area contributed by atoms with Gasteiger partial charge in [0.15, 0.2) is 0 Å². The Labute approximate surface area is 206 Å². The van der Waals surface area contributed by atoms with E-state index in [2.05, 4.69) is 48.6 Å². The van der Waals surface area contributed by atoms with E-state index >= 15 is 0 Å². The van der Waals surface area contributed by atoms with Crippen molar-refractivity contribution in [3.05, 3.63) is 36.8 Å². The van der Waals surface area contributed by atoms with Crippen molar-refractivity contribution in [2.24, 2.45) is 0 Å². The largest absolute Gasteiger partial charge is 0.335 e. The number of carbonyl (C=O) groups excluding carboxylic acids is 1. The van der Waals surface area contributed by atoms with E-state index in [0.717, 1.165) is 74.1 Å². The fourth-order valence-electron chi connectivity index (χ4n) is 5.06. The maximum atomic E-state index is 12.3. The van der Waals surface area contributed by atoms with E-state index in [0.29, 0.717) is 5.82 Å². The number of nitrogens with one attached hydrogen (secondary N) is 2. The first kappa shape index (κ1) is 23.7. The number of aryl methyl sites for hydroxylation is 1. The standard InChI is InChI=1S/C26H36N8O/c1-2-32-12-14-33(15-13-32)10-5-11-34-19-21(18-28-34)20-16-24-23(27-17-20)8-9-25(30-24)31-26(35)29-22-6-3-4-7-22/h8-9,16-19,22H,2-7,10-15H2,1H3,(H2,29,30,31,35). The maximum Gasteiger partial charge on any atom is 0.320 e. The van der Waals surface area contributed by atoms with Crippen molar-refractivity contribution in [2.45, 2.75) is 51.6 Å². The van der Waals surface area contributed by atoms with E-state index in [1.54, 1.807) is 6.07 Å². The summed E-state index contributed by atoms with van der Waals surface area (Å²) in [6.45, 7) is 10.1. The van der Waals surface area contributed by atoms with E-state index in [1.807, 2.05) is 29.2 Å². The molecule has 3 aromatic rings. The number of piperazine rings is 1. The van der Waals surface area contributed by atoms with Crippen LogP contribution in [0.4, 0.5) is 10.6 Å². The predicted molar refractivity (Wildman–Crippen MR) is 138 cm³/mol. The summed E-state index contributed by atoms with van der Waals surface area (Å²) in [5.74, 6) is 0.530. The summed E-state index contributed by atoms with van der Waals surface area (Å²) < 4.78 is 2.01. The summed E-state index contributed by atoms with van der Waals surface area (Å²) in [4.78, 5) is 26.6. The minimum Gasteiger partial charge on any atom is -0.335 e. The molecule has 0 spiro atoms. The second kappa shape index (κ2) is 11.1. The second-order valence-corrected chi connectivity index (χ2v) is 9.66. The van der Waals surface area contributed by atoms with Crippen LogP contribution < -0.4 is 10.6 Å². The Bertz CT molecular complexity index is 1130. The Morgan fingerprint density at radius 1 is 1.00 bits per heavy atom. The van der Waals surface area contributed by atoms with Crippen molar-refractivity contribution in [1.82, 2.24) is 34.9 Å². The molecule has 1 aliphatic carbocycles. The van der Waals surface area contributed by atoms with Crippen molar-refractivity contribution < 1.29 is 4.79 Å². The second-order valence-electron chi connectivity index (χ2n) is 9.66. The zero-order valence-electron chi connectivity index (χ0n) is 20.6. The van der Waals surface area contributed by atoms with Gasteiger partial charge < -0.3 is 15.1 Å². The molecule has 0 radical (unpaired) electrons. The molecule has 9 nitrogen and oxygen atoms in total. The highest BCUT2D eigenvalue weighted by atomic mass is 16.2. The molecule has 1 aliphatic heterocycles. The van der Waals surface area contributed by atoms with Gasteiger partial charge in [-0.05, 0) is 50.6 Å². The summed E-state index contributed by atoms with van der Waals surface area (Å²) in [7, 11) is 0. The predicted octanol–water partition coefficient (Wildman–Crippen LogP) is 3.59. The number of fused-ring (bicyclic) bond motifs is 1. The first-order chi connectivity index (χ1) is 17.2. The summed E-state index contributed by atoms with van der Waals surface area (Å²) in [6, 6.07) is 5.77. The lowest BCUT2D eigenvalue weighted by atomic mass is 10.1. The number of likely N-dealkylation sites (N-methyl/N-ethyl adjacent to an activating group) is 1. The highest BCUT2D eigenvalue weighted by molar-refractivity contribution is 5.90. The number of pyridine rings is 2. The zero-order chi connectivity index (χ0) is 24.0. The number of urea groups is 1. The molecule has 3 aromatic heterocycles. The molecule has 186 valence electrons. The summed E-state index contributed by atoms with van der Waals surface area (Å²) in [5.41, 5.74) is 3.54. The van der Waals surface area contributed by atoms with Gasteiger partial charge in [-0.3, -0.25) is 15.0 Å². The van der Waals surface area contributed by atoms with Gasteiger partial charge in [0.1, 0.15) is 5.82 Å². The lowest BCUT2D eigenvalue weighted by molar-refractivity contribution is 0.134. The SMILES string of the molecule is CCN1CCN(CCCn2cc(-c3cnc4ccc(NC(=O)NC5CCCC5)nc4c3)cn2)CC1. The van der Waals surface area contributed by atoms with E-state index in [9.17, 15) is 4.79 Å². The van der Waals surface area contributed by atoms with Crippen LogP contribution in [-0.4, -0.2) is 80.9 Å². The number of amides is 2. The molecule has 2 amide bonds. The van der Waals surface area contributed by atoms with Gasteiger partial charge in [0, 0.05) is 62.3 Å². The number of carbonyl (C=O) groups is 1. The van der Waals surface area contributed by atoms with Gasteiger partial charge in [-0.15, -0.1) is 0 Å². The van der Waals surface area contributed by atoms with Crippen LogP contribution in [0.25, 0.3) is 22.2 Å².